The predicted octanol–water partition coefficient (Wildman–Crippen LogP) is 3.52. The second kappa shape index (κ2) is 7.09. The molecular weight excluding hydrogens is 234 g/mol. The lowest BCUT2D eigenvalue weighted by Crippen LogP contribution is -2.35. The fraction of sp³-hybridized carbons (Fsp3) is 0.812. The smallest absolute Gasteiger partial charge is 0.0524 e. The molecule has 1 aliphatic rings. The fourth-order valence-electron chi connectivity index (χ4n) is 2.82. The summed E-state index contributed by atoms with van der Waals surface area (Å²) in [7, 11) is 0. The number of rotatable bonds is 6. The van der Waals surface area contributed by atoms with Crippen LogP contribution in [0.4, 0.5) is 0 Å². The van der Waals surface area contributed by atoms with E-state index in [1.807, 2.05) is 6.20 Å². The molecule has 3 heteroatoms. The lowest BCUT2D eigenvalue weighted by Gasteiger charge is -2.31. The van der Waals surface area contributed by atoms with Crippen LogP contribution in [0.15, 0.2) is 12.4 Å². The number of hydrogen-bond acceptors (Lipinski definition) is 2. The minimum absolute atomic E-state index is 0.588. The Kier molecular flexibility index (Phi) is 5.44. The maximum Gasteiger partial charge on any atom is 0.0524 e. The quantitative estimate of drug-likeness (QED) is 0.783. The monoisotopic (exact) mass is 263 g/mol. The van der Waals surface area contributed by atoms with Gasteiger partial charge in [-0.3, -0.25) is 4.68 Å². The van der Waals surface area contributed by atoms with Crippen molar-refractivity contribution in [3.05, 3.63) is 18.0 Å². The van der Waals surface area contributed by atoms with Gasteiger partial charge in [-0.25, -0.2) is 0 Å². The van der Waals surface area contributed by atoms with Crippen LogP contribution >= 0.6 is 0 Å². The third kappa shape index (κ3) is 4.34. The summed E-state index contributed by atoms with van der Waals surface area (Å²) in [5.74, 6) is 1.41. The van der Waals surface area contributed by atoms with Crippen molar-refractivity contribution in [1.29, 1.82) is 0 Å². The third-order valence-corrected chi connectivity index (χ3v) is 4.30. The molecule has 2 heterocycles. The maximum atomic E-state index is 4.50. The van der Waals surface area contributed by atoms with Gasteiger partial charge in [-0.05, 0) is 56.3 Å². The van der Waals surface area contributed by atoms with Gasteiger partial charge in [-0.2, -0.15) is 5.10 Å². The van der Waals surface area contributed by atoms with E-state index in [1.54, 1.807) is 0 Å². The van der Waals surface area contributed by atoms with Crippen molar-refractivity contribution in [2.75, 3.05) is 19.6 Å². The summed E-state index contributed by atoms with van der Waals surface area (Å²) in [5, 5.41) is 4.50. The van der Waals surface area contributed by atoms with Gasteiger partial charge in [0.2, 0.25) is 0 Å². The van der Waals surface area contributed by atoms with Gasteiger partial charge >= 0.3 is 0 Å². The van der Waals surface area contributed by atoms with E-state index < -0.39 is 0 Å². The SMILES string of the molecule is CCCCN1CCC(Cn2cc(C(C)C)cn2)CC1. The Morgan fingerprint density at radius 2 is 2.05 bits per heavy atom. The van der Waals surface area contributed by atoms with Crippen LogP contribution in [0.3, 0.4) is 0 Å². The molecule has 0 aromatic carbocycles. The Morgan fingerprint density at radius 1 is 1.32 bits per heavy atom. The standard InChI is InChI=1S/C16H29N3/c1-4-5-8-18-9-6-15(7-10-18)12-19-13-16(11-17-19)14(2)3/h11,13-15H,4-10,12H2,1-3H3. The number of piperidine rings is 1. The van der Waals surface area contributed by atoms with Gasteiger partial charge in [0.1, 0.15) is 0 Å². The van der Waals surface area contributed by atoms with E-state index in [0.29, 0.717) is 5.92 Å². The number of likely N-dealkylation sites (tertiary alicyclic amines) is 1. The van der Waals surface area contributed by atoms with Crippen LogP contribution in [0.5, 0.6) is 0 Å². The highest BCUT2D eigenvalue weighted by Crippen LogP contribution is 2.20. The molecule has 1 aliphatic heterocycles. The van der Waals surface area contributed by atoms with E-state index in [9.17, 15) is 0 Å². The average Bonchev–Trinajstić information content (AvgIpc) is 2.87. The van der Waals surface area contributed by atoms with Crippen LogP contribution in [-0.2, 0) is 6.54 Å². The summed E-state index contributed by atoms with van der Waals surface area (Å²) in [4.78, 5) is 2.63. The van der Waals surface area contributed by atoms with Crippen molar-refractivity contribution in [2.24, 2.45) is 5.92 Å². The molecule has 0 unspecified atom stereocenters. The Hall–Kier alpha value is -0.830. The fourth-order valence-corrected chi connectivity index (χ4v) is 2.82. The Morgan fingerprint density at radius 3 is 2.63 bits per heavy atom. The first-order chi connectivity index (χ1) is 9.19. The van der Waals surface area contributed by atoms with Crippen molar-refractivity contribution in [2.45, 2.75) is 58.9 Å². The van der Waals surface area contributed by atoms with E-state index >= 15 is 0 Å². The molecule has 0 N–H and O–H groups in total. The molecule has 0 bridgehead atoms. The number of unbranched alkanes of at least 4 members (excludes halogenated alkanes) is 1. The molecule has 0 amide bonds. The molecule has 3 nitrogen and oxygen atoms in total. The minimum atomic E-state index is 0.588. The second-order valence-corrected chi connectivity index (χ2v) is 6.29. The lowest BCUT2D eigenvalue weighted by atomic mass is 9.96. The van der Waals surface area contributed by atoms with Crippen molar-refractivity contribution in [1.82, 2.24) is 14.7 Å². The molecule has 0 aliphatic carbocycles. The number of hydrogen-bond donors (Lipinski definition) is 0. The van der Waals surface area contributed by atoms with E-state index in [4.69, 9.17) is 0 Å². The van der Waals surface area contributed by atoms with Gasteiger partial charge in [0, 0.05) is 12.7 Å². The highest BCUT2D eigenvalue weighted by Gasteiger charge is 2.19. The lowest BCUT2D eigenvalue weighted by molar-refractivity contribution is 0.169. The molecule has 19 heavy (non-hydrogen) atoms. The first-order valence-corrected chi connectivity index (χ1v) is 7.93. The molecule has 1 aromatic rings. The first-order valence-electron chi connectivity index (χ1n) is 7.93. The number of nitrogens with zero attached hydrogens (tertiary/aromatic N) is 3. The van der Waals surface area contributed by atoms with Gasteiger partial charge in [0.25, 0.3) is 0 Å². The first kappa shape index (κ1) is 14.6. The molecule has 0 atom stereocenters. The minimum Gasteiger partial charge on any atom is -0.303 e. The Labute approximate surface area is 118 Å². The van der Waals surface area contributed by atoms with Crippen LogP contribution < -0.4 is 0 Å². The van der Waals surface area contributed by atoms with Crippen LogP contribution in [0.2, 0.25) is 0 Å². The summed E-state index contributed by atoms with van der Waals surface area (Å²) < 4.78 is 2.15. The molecular formula is C16H29N3. The molecule has 1 saturated heterocycles. The predicted molar refractivity (Wildman–Crippen MR) is 80.4 cm³/mol. The Balaban J connectivity index is 1.75. The van der Waals surface area contributed by atoms with Crippen LogP contribution in [0.25, 0.3) is 0 Å². The van der Waals surface area contributed by atoms with Crippen LogP contribution in [-0.4, -0.2) is 34.3 Å². The summed E-state index contributed by atoms with van der Waals surface area (Å²) in [6, 6.07) is 0. The maximum absolute atomic E-state index is 4.50. The molecule has 1 aromatic heterocycles. The zero-order valence-electron chi connectivity index (χ0n) is 12.8. The molecule has 0 spiro atoms. The summed E-state index contributed by atoms with van der Waals surface area (Å²) >= 11 is 0. The third-order valence-electron chi connectivity index (χ3n) is 4.30. The van der Waals surface area contributed by atoms with Gasteiger partial charge in [0.05, 0.1) is 6.20 Å². The van der Waals surface area contributed by atoms with Crippen LogP contribution in [0.1, 0.15) is 57.9 Å². The van der Waals surface area contributed by atoms with E-state index in [1.165, 1.54) is 50.9 Å². The van der Waals surface area contributed by atoms with E-state index in [-0.39, 0.29) is 0 Å². The highest BCUT2D eigenvalue weighted by molar-refractivity contribution is 5.08. The molecule has 0 saturated carbocycles. The topological polar surface area (TPSA) is 21.1 Å². The average molecular weight is 263 g/mol. The molecule has 2 rings (SSSR count). The number of aromatic nitrogens is 2. The van der Waals surface area contributed by atoms with Crippen molar-refractivity contribution < 1.29 is 0 Å². The zero-order chi connectivity index (χ0) is 13.7. The van der Waals surface area contributed by atoms with Crippen molar-refractivity contribution >= 4 is 0 Å². The largest absolute Gasteiger partial charge is 0.303 e. The van der Waals surface area contributed by atoms with Gasteiger partial charge in [-0.1, -0.05) is 27.2 Å². The second-order valence-electron chi connectivity index (χ2n) is 6.29. The van der Waals surface area contributed by atoms with Gasteiger partial charge in [-0.15, -0.1) is 0 Å². The highest BCUT2D eigenvalue weighted by atomic mass is 15.3. The molecule has 1 fully saturated rings. The van der Waals surface area contributed by atoms with Crippen molar-refractivity contribution in [3.63, 3.8) is 0 Å². The van der Waals surface area contributed by atoms with Crippen molar-refractivity contribution in [3.8, 4) is 0 Å². The van der Waals surface area contributed by atoms with Gasteiger partial charge in [0.15, 0.2) is 0 Å². The van der Waals surface area contributed by atoms with Crippen LogP contribution in [0, 0.1) is 5.92 Å². The van der Waals surface area contributed by atoms with E-state index in [2.05, 4.69) is 41.6 Å². The molecule has 108 valence electrons. The van der Waals surface area contributed by atoms with E-state index in [0.717, 1.165) is 12.5 Å². The molecule has 0 radical (unpaired) electrons. The summed E-state index contributed by atoms with van der Waals surface area (Å²) in [6.07, 6.45) is 9.59. The van der Waals surface area contributed by atoms with Gasteiger partial charge < -0.3 is 4.90 Å². The zero-order valence-corrected chi connectivity index (χ0v) is 12.8. The summed E-state index contributed by atoms with van der Waals surface area (Å²) in [5.41, 5.74) is 1.36. The normalized spacial score (nSPS) is 18.3. The summed E-state index contributed by atoms with van der Waals surface area (Å²) in [6.45, 7) is 11.7. The Bertz CT molecular complexity index is 362.